The number of hydrogen-bond donors (Lipinski definition) is 2. The molecule has 0 atom stereocenters. The number of hydrogen-bond acceptors (Lipinski definition) is 6. The van der Waals surface area contributed by atoms with Gasteiger partial charge < -0.3 is 20.0 Å². The molecule has 4 rings (SSSR count). The van der Waals surface area contributed by atoms with E-state index in [4.69, 9.17) is 11.6 Å². The van der Waals surface area contributed by atoms with E-state index in [0.29, 0.717) is 12.1 Å². The second-order valence-electron chi connectivity index (χ2n) is 11.3. The van der Waals surface area contributed by atoms with Gasteiger partial charge in [-0.05, 0) is 86.6 Å². The smallest absolute Gasteiger partial charge is 0.372 e. The molecule has 3 aromatic rings. The van der Waals surface area contributed by atoms with E-state index in [1.807, 2.05) is 31.3 Å². The van der Waals surface area contributed by atoms with Crippen molar-refractivity contribution in [2.75, 3.05) is 56.5 Å². The first-order valence-electron chi connectivity index (χ1n) is 15.4. The molecule has 1 aliphatic rings. The standard InChI is InChI=1S/C34H40ClF3N6O2/c1-4-43(5-2)18-17-42(3)23-25-9-8-10-26(19-25)32(45)40-31-14-12-27(44-15-6-7-16-44)21-28(31)33(46)41-39-22-24-11-13-30(35)29(20-24)34(36,37)38/h8-14,19-22H,4-7,15-18,23H2,1-3H3,(H,40,45)(H,41,46)/b39-22+. The second kappa shape index (κ2) is 16.1. The van der Waals surface area contributed by atoms with Crippen LogP contribution in [0.4, 0.5) is 24.5 Å². The third-order valence-corrected chi connectivity index (χ3v) is 8.31. The minimum absolute atomic E-state index is 0.106. The summed E-state index contributed by atoms with van der Waals surface area (Å²) in [5.41, 5.74) is 4.22. The van der Waals surface area contributed by atoms with Crippen molar-refractivity contribution in [3.05, 3.63) is 93.5 Å². The van der Waals surface area contributed by atoms with Gasteiger partial charge in [0.2, 0.25) is 0 Å². The maximum absolute atomic E-state index is 13.4. The lowest BCUT2D eigenvalue weighted by atomic mass is 10.1. The molecule has 0 bridgehead atoms. The first-order chi connectivity index (χ1) is 22.0. The van der Waals surface area contributed by atoms with E-state index in [1.165, 1.54) is 6.07 Å². The monoisotopic (exact) mass is 656 g/mol. The van der Waals surface area contributed by atoms with Gasteiger partial charge in [-0.3, -0.25) is 9.59 Å². The fourth-order valence-electron chi connectivity index (χ4n) is 5.32. The van der Waals surface area contributed by atoms with Gasteiger partial charge in [0.15, 0.2) is 0 Å². The summed E-state index contributed by atoms with van der Waals surface area (Å²) in [5.74, 6) is -0.999. The molecule has 0 unspecified atom stereocenters. The lowest BCUT2D eigenvalue weighted by Crippen LogP contribution is -2.32. The number of alkyl halides is 3. The van der Waals surface area contributed by atoms with Crippen LogP contribution in [-0.4, -0.2) is 74.1 Å². The number of nitrogens with one attached hydrogen (secondary N) is 2. The molecule has 0 aromatic heterocycles. The van der Waals surface area contributed by atoms with E-state index in [2.05, 4.69) is 44.4 Å². The number of amides is 2. The molecule has 246 valence electrons. The Bertz CT molecular complexity index is 1540. The van der Waals surface area contributed by atoms with E-state index >= 15 is 0 Å². The van der Waals surface area contributed by atoms with E-state index in [1.54, 1.807) is 18.2 Å². The van der Waals surface area contributed by atoms with Crippen LogP contribution in [-0.2, 0) is 12.7 Å². The van der Waals surface area contributed by atoms with Gasteiger partial charge in [-0.15, -0.1) is 0 Å². The van der Waals surface area contributed by atoms with Crippen LogP contribution in [0.5, 0.6) is 0 Å². The van der Waals surface area contributed by atoms with Gasteiger partial charge >= 0.3 is 6.18 Å². The molecule has 0 radical (unpaired) electrons. The minimum Gasteiger partial charge on any atom is -0.372 e. The quantitative estimate of drug-likeness (QED) is 0.157. The average molecular weight is 657 g/mol. The molecule has 3 aromatic carbocycles. The van der Waals surface area contributed by atoms with Crippen molar-refractivity contribution in [1.29, 1.82) is 0 Å². The van der Waals surface area contributed by atoms with Crippen molar-refractivity contribution in [1.82, 2.24) is 15.2 Å². The third-order valence-electron chi connectivity index (χ3n) is 7.98. The Kier molecular flexibility index (Phi) is 12.2. The highest BCUT2D eigenvalue weighted by molar-refractivity contribution is 6.31. The van der Waals surface area contributed by atoms with Crippen LogP contribution < -0.4 is 15.6 Å². The van der Waals surface area contributed by atoms with Crippen molar-refractivity contribution in [3.8, 4) is 0 Å². The first kappa shape index (κ1) is 34.9. The van der Waals surface area contributed by atoms with Gasteiger partial charge in [0.05, 0.1) is 28.1 Å². The zero-order chi connectivity index (χ0) is 33.3. The molecule has 8 nitrogen and oxygen atoms in total. The SMILES string of the molecule is CCN(CC)CCN(C)Cc1cccc(C(=O)Nc2ccc(N3CCCC3)cc2C(=O)N/N=C/c2ccc(Cl)c(C(F)(F)F)c2)c1. The van der Waals surface area contributed by atoms with Crippen LogP contribution in [0.2, 0.25) is 5.02 Å². The second-order valence-corrected chi connectivity index (χ2v) is 11.7. The summed E-state index contributed by atoms with van der Waals surface area (Å²) in [7, 11) is 2.05. The molecule has 46 heavy (non-hydrogen) atoms. The van der Waals surface area contributed by atoms with Crippen molar-refractivity contribution in [2.24, 2.45) is 5.10 Å². The molecule has 1 saturated heterocycles. The Hall–Kier alpha value is -3.93. The van der Waals surface area contributed by atoms with E-state index in [9.17, 15) is 22.8 Å². The van der Waals surface area contributed by atoms with Gasteiger partial charge in [-0.2, -0.15) is 18.3 Å². The molecule has 0 spiro atoms. The van der Waals surface area contributed by atoms with E-state index in [-0.39, 0.29) is 22.7 Å². The fraction of sp³-hybridized carbons (Fsp3) is 0.382. The molecular formula is C34H40ClF3N6O2. The van der Waals surface area contributed by atoms with Crippen LogP contribution in [0.1, 0.15) is 64.1 Å². The molecule has 0 aliphatic carbocycles. The van der Waals surface area contributed by atoms with Gasteiger partial charge in [-0.25, -0.2) is 5.43 Å². The number of likely N-dealkylation sites (N-methyl/N-ethyl adjacent to an activating group) is 2. The zero-order valence-electron chi connectivity index (χ0n) is 26.3. The largest absolute Gasteiger partial charge is 0.417 e. The average Bonchev–Trinajstić information content (AvgIpc) is 3.57. The van der Waals surface area contributed by atoms with Gasteiger partial charge in [-0.1, -0.05) is 43.6 Å². The lowest BCUT2D eigenvalue weighted by molar-refractivity contribution is -0.137. The van der Waals surface area contributed by atoms with Gasteiger partial charge in [0.1, 0.15) is 0 Å². The number of anilines is 2. The molecule has 12 heteroatoms. The molecule has 2 amide bonds. The summed E-state index contributed by atoms with van der Waals surface area (Å²) in [5, 5.41) is 6.32. The normalized spacial score (nSPS) is 13.6. The molecule has 1 heterocycles. The van der Waals surface area contributed by atoms with E-state index < -0.39 is 22.7 Å². The van der Waals surface area contributed by atoms with Crippen LogP contribution in [0.3, 0.4) is 0 Å². The summed E-state index contributed by atoms with van der Waals surface area (Å²) < 4.78 is 39.8. The minimum atomic E-state index is -4.63. The van der Waals surface area contributed by atoms with Crippen molar-refractivity contribution in [2.45, 2.75) is 39.4 Å². The van der Waals surface area contributed by atoms with E-state index in [0.717, 1.165) is 81.7 Å². The third kappa shape index (κ3) is 9.54. The summed E-state index contributed by atoms with van der Waals surface area (Å²) in [6, 6.07) is 16.0. The number of benzene rings is 3. The molecule has 0 saturated carbocycles. The summed E-state index contributed by atoms with van der Waals surface area (Å²) in [6.45, 7) is 10.5. The number of halogens is 4. The Morgan fingerprint density at radius 3 is 2.41 bits per heavy atom. The molecule has 1 fully saturated rings. The van der Waals surface area contributed by atoms with Gasteiger partial charge in [0, 0.05) is 44.0 Å². The Morgan fingerprint density at radius 2 is 1.72 bits per heavy atom. The van der Waals surface area contributed by atoms with Crippen molar-refractivity contribution >= 4 is 41.0 Å². The maximum atomic E-state index is 13.4. The van der Waals surface area contributed by atoms with Crippen LogP contribution in [0, 0.1) is 0 Å². The number of hydrazone groups is 1. The van der Waals surface area contributed by atoms with Crippen molar-refractivity contribution < 1.29 is 22.8 Å². The zero-order valence-corrected chi connectivity index (χ0v) is 27.1. The Labute approximate surface area is 273 Å². The Balaban J connectivity index is 1.50. The van der Waals surface area contributed by atoms with Crippen LogP contribution in [0.25, 0.3) is 0 Å². The summed E-state index contributed by atoms with van der Waals surface area (Å²) in [4.78, 5) is 33.5. The van der Waals surface area contributed by atoms with Crippen LogP contribution >= 0.6 is 11.6 Å². The highest BCUT2D eigenvalue weighted by atomic mass is 35.5. The summed E-state index contributed by atoms with van der Waals surface area (Å²) >= 11 is 5.70. The number of nitrogens with zero attached hydrogens (tertiary/aromatic N) is 4. The maximum Gasteiger partial charge on any atom is 0.417 e. The predicted octanol–water partition coefficient (Wildman–Crippen LogP) is 6.75. The highest BCUT2D eigenvalue weighted by Crippen LogP contribution is 2.35. The number of carbonyl (C=O) groups is 2. The Morgan fingerprint density at radius 1 is 0.978 bits per heavy atom. The highest BCUT2D eigenvalue weighted by Gasteiger charge is 2.33. The predicted molar refractivity (Wildman–Crippen MR) is 178 cm³/mol. The fourth-order valence-corrected chi connectivity index (χ4v) is 5.54. The number of rotatable bonds is 13. The topological polar surface area (TPSA) is 80.3 Å². The van der Waals surface area contributed by atoms with Crippen LogP contribution in [0.15, 0.2) is 65.8 Å². The van der Waals surface area contributed by atoms with Crippen molar-refractivity contribution in [3.63, 3.8) is 0 Å². The number of carbonyl (C=O) groups excluding carboxylic acids is 2. The molecule has 1 aliphatic heterocycles. The summed E-state index contributed by atoms with van der Waals surface area (Å²) in [6.07, 6.45) is -1.46. The molecular weight excluding hydrogens is 617 g/mol. The molecule has 2 N–H and O–H groups in total. The lowest BCUT2D eigenvalue weighted by Gasteiger charge is -2.23. The van der Waals surface area contributed by atoms with Gasteiger partial charge in [0.25, 0.3) is 11.8 Å². The first-order valence-corrected chi connectivity index (χ1v) is 15.8.